The predicted octanol–water partition coefficient (Wildman–Crippen LogP) is 7.71. The van der Waals surface area contributed by atoms with E-state index in [1.54, 1.807) is 0 Å². The van der Waals surface area contributed by atoms with Crippen molar-refractivity contribution in [2.45, 2.75) is 5.92 Å². The maximum atomic E-state index is 6.79. The quantitative estimate of drug-likeness (QED) is 0.300. The number of H-pyrrole nitrogens is 2. The number of nitrogens with one attached hydrogen (secondary N) is 2. The first kappa shape index (κ1) is 18.1. The number of aromatic amines is 2. The van der Waals surface area contributed by atoms with Crippen LogP contribution in [0.5, 0.6) is 0 Å². The second kappa shape index (κ2) is 7.47. The SMILES string of the molecule is ClC(=CC(c1c[nH]c2ccccc12)c1c[nH]c2ccccc12)c1ccc(Cl)cc1. The molecule has 2 N–H and O–H groups in total. The topological polar surface area (TPSA) is 31.6 Å². The van der Waals surface area contributed by atoms with Gasteiger partial charge in [0, 0.05) is 50.2 Å². The van der Waals surface area contributed by atoms with Gasteiger partial charge in [-0.25, -0.2) is 0 Å². The molecule has 0 atom stereocenters. The molecule has 0 saturated carbocycles. The van der Waals surface area contributed by atoms with Crippen LogP contribution < -0.4 is 0 Å². The Morgan fingerprint density at radius 1 is 0.724 bits per heavy atom. The zero-order valence-corrected chi connectivity index (χ0v) is 17.0. The van der Waals surface area contributed by atoms with Crippen LogP contribution in [0, 0.1) is 0 Å². The van der Waals surface area contributed by atoms with E-state index in [1.165, 1.54) is 21.9 Å². The Balaban J connectivity index is 1.71. The van der Waals surface area contributed by atoms with Crippen molar-refractivity contribution in [1.29, 1.82) is 0 Å². The molecule has 0 bridgehead atoms. The van der Waals surface area contributed by atoms with Gasteiger partial charge < -0.3 is 9.97 Å². The van der Waals surface area contributed by atoms with E-state index in [0.717, 1.165) is 16.6 Å². The van der Waals surface area contributed by atoms with Gasteiger partial charge in [-0.3, -0.25) is 0 Å². The van der Waals surface area contributed by atoms with Crippen molar-refractivity contribution in [3.63, 3.8) is 0 Å². The second-order valence-corrected chi connectivity index (χ2v) is 7.92. The Hall–Kier alpha value is -2.94. The predicted molar refractivity (Wildman–Crippen MR) is 124 cm³/mol. The lowest BCUT2D eigenvalue weighted by molar-refractivity contribution is 1.05. The minimum atomic E-state index is -0.00882. The summed E-state index contributed by atoms with van der Waals surface area (Å²) in [5, 5.41) is 3.78. The van der Waals surface area contributed by atoms with Gasteiger partial charge in [-0.15, -0.1) is 0 Å². The first-order chi connectivity index (χ1) is 14.2. The molecule has 2 aromatic heterocycles. The van der Waals surface area contributed by atoms with Crippen molar-refractivity contribution in [3.8, 4) is 0 Å². The zero-order chi connectivity index (χ0) is 19.8. The Kier molecular flexibility index (Phi) is 4.67. The van der Waals surface area contributed by atoms with Crippen LogP contribution in [-0.4, -0.2) is 9.97 Å². The van der Waals surface area contributed by atoms with E-state index in [4.69, 9.17) is 23.2 Å². The van der Waals surface area contributed by atoms with Gasteiger partial charge in [0.05, 0.1) is 0 Å². The summed E-state index contributed by atoms with van der Waals surface area (Å²) >= 11 is 12.8. The second-order valence-electron chi connectivity index (χ2n) is 7.08. The molecule has 2 nitrogen and oxygen atoms in total. The minimum Gasteiger partial charge on any atom is -0.361 e. The highest BCUT2D eigenvalue weighted by Gasteiger charge is 2.20. The van der Waals surface area contributed by atoms with Crippen LogP contribution in [0.15, 0.2) is 91.3 Å². The normalized spacial score (nSPS) is 12.3. The number of hydrogen-bond donors (Lipinski definition) is 2. The van der Waals surface area contributed by atoms with Crippen LogP contribution in [-0.2, 0) is 0 Å². The van der Waals surface area contributed by atoms with Gasteiger partial charge in [-0.2, -0.15) is 0 Å². The number of benzene rings is 3. The standard InChI is InChI=1S/C25H18Cl2N2/c26-17-11-9-16(10-12-17)23(27)13-20(21-14-28-24-7-3-1-5-18(21)24)22-15-29-25-8-4-2-6-19(22)25/h1-15,20,28-29H. The first-order valence-electron chi connectivity index (χ1n) is 9.46. The Bertz CT molecular complexity index is 1250. The molecule has 0 radical (unpaired) electrons. The van der Waals surface area contributed by atoms with E-state index in [9.17, 15) is 0 Å². The van der Waals surface area contributed by atoms with Gasteiger partial charge in [0.25, 0.3) is 0 Å². The number of halogens is 2. The van der Waals surface area contributed by atoms with E-state index in [-0.39, 0.29) is 5.92 Å². The van der Waals surface area contributed by atoms with Gasteiger partial charge in [0.1, 0.15) is 0 Å². The summed E-state index contributed by atoms with van der Waals surface area (Å²) in [6.07, 6.45) is 6.29. The molecule has 4 heteroatoms. The summed E-state index contributed by atoms with van der Waals surface area (Å²) < 4.78 is 0. The highest BCUT2D eigenvalue weighted by molar-refractivity contribution is 6.48. The molecule has 29 heavy (non-hydrogen) atoms. The molecule has 0 amide bonds. The van der Waals surface area contributed by atoms with E-state index < -0.39 is 0 Å². The maximum Gasteiger partial charge on any atom is 0.0457 e. The zero-order valence-electron chi connectivity index (χ0n) is 15.5. The average molecular weight is 417 g/mol. The highest BCUT2D eigenvalue weighted by Crippen LogP contribution is 2.38. The maximum absolute atomic E-state index is 6.79. The average Bonchev–Trinajstić information content (AvgIpc) is 3.37. The van der Waals surface area contributed by atoms with Crippen LogP contribution in [0.4, 0.5) is 0 Å². The molecular weight excluding hydrogens is 399 g/mol. The number of hydrogen-bond acceptors (Lipinski definition) is 0. The summed E-state index contributed by atoms with van der Waals surface area (Å²) in [5.41, 5.74) is 5.56. The number of fused-ring (bicyclic) bond motifs is 2. The molecule has 0 aliphatic rings. The Morgan fingerprint density at radius 3 is 1.79 bits per heavy atom. The first-order valence-corrected chi connectivity index (χ1v) is 10.2. The fraction of sp³-hybridized carbons (Fsp3) is 0.0400. The van der Waals surface area contributed by atoms with E-state index >= 15 is 0 Å². The van der Waals surface area contributed by atoms with Crippen LogP contribution >= 0.6 is 23.2 Å². The summed E-state index contributed by atoms with van der Waals surface area (Å²) in [5.74, 6) is -0.00882. The summed E-state index contributed by atoms with van der Waals surface area (Å²) in [6, 6.07) is 24.3. The lowest BCUT2D eigenvalue weighted by Crippen LogP contribution is -1.97. The Labute approximate surface area is 178 Å². The van der Waals surface area contributed by atoms with Gasteiger partial charge in [-0.05, 0) is 41.0 Å². The lowest BCUT2D eigenvalue weighted by Gasteiger charge is -2.14. The molecule has 0 unspecified atom stereocenters. The highest BCUT2D eigenvalue weighted by atomic mass is 35.5. The van der Waals surface area contributed by atoms with Crippen molar-refractivity contribution >= 4 is 50.0 Å². The van der Waals surface area contributed by atoms with Gasteiger partial charge in [0.15, 0.2) is 0 Å². The smallest absolute Gasteiger partial charge is 0.0457 e. The van der Waals surface area contributed by atoms with Crippen molar-refractivity contribution in [2.75, 3.05) is 0 Å². The largest absolute Gasteiger partial charge is 0.361 e. The molecule has 0 spiro atoms. The number of allylic oxidation sites excluding steroid dienone is 1. The van der Waals surface area contributed by atoms with Crippen LogP contribution in [0.3, 0.4) is 0 Å². The molecule has 0 fully saturated rings. The third kappa shape index (κ3) is 3.35. The Morgan fingerprint density at radius 2 is 1.24 bits per heavy atom. The molecule has 3 aromatic carbocycles. The summed E-state index contributed by atoms with van der Waals surface area (Å²) in [7, 11) is 0. The summed E-state index contributed by atoms with van der Waals surface area (Å²) in [4.78, 5) is 6.80. The monoisotopic (exact) mass is 416 g/mol. The molecule has 0 aliphatic carbocycles. The molecule has 5 rings (SSSR count). The van der Waals surface area contributed by atoms with Gasteiger partial charge in [-0.1, -0.05) is 77.8 Å². The van der Waals surface area contributed by atoms with Crippen molar-refractivity contribution in [1.82, 2.24) is 9.97 Å². The third-order valence-corrected chi connectivity index (χ3v) is 5.94. The van der Waals surface area contributed by atoms with Gasteiger partial charge >= 0.3 is 0 Å². The molecule has 142 valence electrons. The number of aromatic nitrogens is 2. The van der Waals surface area contributed by atoms with E-state index in [0.29, 0.717) is 10.1 Å². The van der Waals surface area contributed by atoms with Crippen LogP contribution in [0.2, 0.25) is 5.02 Å². The van der Waals surface area contributed by atoms with E-state index in [1.807, 2.05) is 36.4 Å². The van der Waals surface area contributed by atoms with Crippen LogP contribution in [0.1, 0.15) is 22.6 Å². The van der Waals surface area contributed by atoms with Crippen molar-refractivity contribution in [3.05, 3.63) is 113 Å². The molecule has 5 aromatic rings. The molecule has 2 heterocycles. The lowest BCUT2D eigenvalue weighted by atomic mass is 9.89. The van der Waals surface area contributed by atoms with E-state index in [2.05, 4.69) is 64.8 Å². The summed E-state index contributed by atoms with van der Waals surface area (Å²) in [6.45, 7) is 0. The van der Waals surface area contributed by atoms with Gasteiger partial charge in [0.2, 0.25) is 0 Å². The van der Waals surface area contributed by atoms with Crippen molar-refractivity contribution < 1.29 is 0 Å². The molecular formula is C25H18Cl2N2. The third-order valence-electron chi connectivity index (χ3n) is 5.35. The minimum absolute atomic E-state index is 0.00882. The molecule has 0 aliphatic heterocycles. The van der Waals surface area contributed by atoms with Crippen LogP contribution in [0.25, 0.3) is 26.8 Å². The molecule has 0 saturated heterocycles. The fourth-order valence-electron chi connectivity index (χ4n) is 3.90. The fourth-order valence-corrected chi connectivity index (χ4v) is 4.28. The number of rotatable bonds is 4. The van der Waals surface area contributed by atoms with Crippen molar-refractivity contribution in [2.24, 2.45) is 0 Å². The number of para-hydroxylation sites is 2.